The fraction of sp³-hybridized carbons (Fsp3) is 0.652. The van der Waals surface area contributed by atoms with E-state index in [0.29, 0.717) is 5.92 Å². The lowest BCUT2D eigenvalue weighted by atomic mass is 9.95. The van der Waals surface area contributed by atoms with Crippen LogP contribution in [0, 0.1) is 5.92 Å². The van der Waals surface area contributed by atoms with Crippen molar-refractivity contribution in [3.63, 3.8) is 0 Å². The second-order valence-corrected chi connectivity index (χ2v) is 6.49. The van der Waals surface area contributed by atoms with Gasteiger partial charge in [0, 0.05) is 27.2 Å². The van der Waals surface area contributed by atoms with Crippen molar-refractivity contribution in [2.75, 3.05) is 21.3 Å². The first kappa shape index (κ1) is 24.8. The Morgan fingerprint density at radius 3 is 1.85 bits per heavy atom. The largest absolute Gasteiger partial charge is 0.331 e. The van der Waals surface area contributed by atoms with Crippen LogP contribution in [0.1, 0.15) is 70.8 Å². The van der Waals surface area contributed by atoms with Crippen LogP contribution in [0.4, 0.5) is 0 Å². The Morgan fingerprint density at radius 1 is 0.885 bits per heavy atom. The van der Waals surface area contributed by atoms with Gasteiger partial charge in [-0.25, -0.2) is 0 Å². The Bertz CT molecular complexity index is 418. The molecular weight excluding hydrogens is 324 g/mol. The van der Waals surface area contributed by atoms with E-state index < -0.39 is 5.97 Å². The van der Waals surface area contributed by atoms with Gasteiger partial charge in [-0.15, -0.1) is 0 Å². The van der Waals surface area contributed by atoms with E-state index in [9.17, 15) is 0 Å². The number of benzene rings is 1. The zero-order chi connectivity index (χ0) is 19.7. The van der Waals surface area contributed by atoms with E-state index in [2.05, 4.69) is 20.4 Å². The quantitative estimate of drug-likeness (QED) is 0.288. The summed E-state index contributed by atoms with van der Waals surface area (Å²) in [4.78, 5) is 0. The van der Waals surface area contributed by atoms with E-state index in [1.165, 1.54) is 44.1 Å². The SMILES string of the molecule is C=Cc1ccccc1.CCCCCCCCC(CC)C(OC)(OC)OC. The topological polar surface area (TPSA) is 27.7 Å². The molecule has 26 heavy (non-hydrogen) atoms. The van der Waals surface area contributed by atoms with Crippen molar-refractivity contribution < 1.29 is 14.2 Å². The highest BCUT2D eigenvalue weighted by atomic mass is 16.9. The van der Waals surface area contributed by atoms with Crippen LogP contribution in [-0.4, -0.2) is 27.3 Å². The first-order chi connectivity index (χ1) is 12.6. The van der Waals surface area contributed by atoms with Gasteiger partial charge >= 0.3 is 0 Å². The molecule has 3 nitrogen and oxygen atoms in total. The highest BCUT2D eigenvalue weighted by Gasteiger charge is 2.38. The van der Waals surface area contributed by atoms with Crippen LogP contribution in [0.5, 0.6) is 0 Å². The molecule has 0 aliphatic carbocycles. The molecule has 0 bridgehead atoms. The molecule has 0 aliphatic heterocycles. The maximum atomic E-state index is 5.44. The smallest absolute Gasteiger partial charge is 0.285 e. The van der Waals surface area contributed by atoms with Crippen molar-refractivity contribution in [3.05, 3.63) is 42.5 Å². The van der Waals surface area contributed by atoms with Crippen LogP contribution in [-0.2, 0) is 14.2 Å². The minimum absolute atomic E-state index is 0.295. The Labute approximate surface area is 161 Å². The molecule has 0 spiro atoms. The summed E-state index contributed by atoms with van der Waals surface area (Å²) < 4.78 is 16.3. The highest BCUT2D eigenvalue weighted by Crippen LogP contribution is 2.31. The van der Waals surface area contributed by atoms with Gasteiger partial charge in [0.1, 0.15) is 0 Å². The molecule has 0 aromatic heterocycles. The first-order valence-corrected chi connectivity index (χ1v) is 9.96. The Hall–Kier alpha value is -1.16. The lowest BCUT2D eigenvalue weighted by Crippen LogP contribution is -2.43. The van der Waals surface area contributed by atoms with E-state index in [1.807, 2.05) is 36.4 Å². The summed E-state index contributed by atoms with van der Waals surface area (Å²) in [7, 11) is 4.95. The molecule has 0 fully saturated rings. The molecule has 0 heterocycles. The highest BCUT2D eigenvalue weighted by molar-refractivity contribution is 5.45. The molecular formula is C23H40O3. The zero-order valence-electron chi connectivity index (χ0n) is 17.6. The summed E-state index contributed by atoms with van der Waals surface area (Å²) in [6.07, 6.45) is 11.8. The number of ether oxygens (including phenoxy) is 3. The minimum Gasteiger partial charge on any atom is -0.331 e. The van der Waals surface area contributed by atoms with Crippen molar-refractivity contribution in [1.82, 2.24) is 0 Å². The van der Waals surface area contributed by atoms with Crippen molar-refractivity contribution in [1.29, 1.82) is 0 Å². The third kappa shape index (κ3) is 9.51. The summed E-state index contributed by atoms with van der Waals surface area (Å²) in [6.45, 7) is 8.04. The molecule has 0 saturated carbocycles. The van der Waals surface area contributed by atoms with E-state index in [-0.39, 0.29) is 0 Å². The predicted octanol–water partition coefficient (Wildman–Crippen LogP) is 6.69. The Balaban J connectivity index is 0.000000642. The van der Waals surface area contributed by atoms with Gasteiger partial charge in [0.05, 0.1) is 0 Å². The predicted molar refractivity (Wildman–Crippen MR) is 112 cm³/mol. The van der Waals surface area contributed by atoms with Crippen LogP contribution in [0.15, 0.2) is 36.9 Å². The molecule has 1 unspecified atom stereocenters. The number of methoxy groups -OCH3 is 3. The van der Waals surface area contributed by atoms with Gasteiger partial charge in [-0.2, -0.15) is 0 Å². The molecule has 3 heteroatoms. The fourth-order valence-corrected chi connectivity index (χ4v) is 3.14. The second kappa shape index (κ2) is 16.0. The van der Waals surface area contributed by atoms with Crippen LogP contribution in [0.25, 0.3) is 6.08 Å². The third-order valence-corrected chi connectivity index (χ3v) is 4.79. The molecule has 1 atom stereocenters. The lowest BCUT2D eigenvalue weighted by molar-refractivity contribution is -0.380. The van der Waals surface area contributed by atoms with Gasteiger partial charge in [-0.3, -0.25) is 0 Å². The van der Waals surface area contributed by atoms with Gasteiger partial charge in [0.25, 0.3) is 5.97 Å². The summed E-state index contributed by atoms with van der Waals surface area (Å²) in [6, 6.07) is 10.0. The van der Waals surface area contributed by atoms with Gasteiger partial charge in [0.15, 0.2) is 0 Å². The van der Waals surface area contributed by atoms with E-state index >= 15 is 0 Å². The average Bonchev–Trinajstić information content (AvgIpc) is 2.71. The van der Waals surface area contributed by atoms with Crippen molar-refractivity contribution >= 4 is 6.08 Å². The Kier molecular flexibility index (Phi) is 15.3. The maximum Gasteiger partial charge on any atom is 0.285 e. The standard InChI is InChI=1S/C15H32O3.C8H8/c1-6-8-9-10-11-12-13-14(7-2)15(16-3,17-4)18-5;1-2-8-6-4-3-5-7-8/h14H,6-13H2,1-5H3;2-7H,1H2. The van der Waals surface area contributed by atoms with Gasteiger partial charge in [-0.1, -0.05) is 95.4 Å². The summed E-state index contributed by atoms with van der Waals surface area (Å²) in [5, 5.41) is 0. The van der Waals surface area contributed by atoms with Crippen molar-refractivity contribution in [2.45, 2.75) is 71.2 Å². The van der Waals surface area contributed by atoms with Crippen LogP contribution in [0.3, 0.4) is 0 Å². The van der Waals surface area contributed by atoms with Gasteiger partial charge < -0.3 is 14.2 Å². The molecule has 0 radical (unpaired) electrons. The average molecular weight is 365 g/mol. The normalized spacial score (nSPS) is 12.2. The van der Waals surface area contributed by atoms with Crippen molar-refractivity contribution in [2.24, 2.45) is 5.92 Å². The molecule has 0 saturated heterocycles. The first-order valence-electron chi connectivity index (χ1n) is 9.96. The van der Waals surface area contributed by atoms with E-state index in [1.54, 1.807) is 21.3 Å². The van der Waals surface area contributed by atoms with E-state index in [0.717, 1.165) is 12.8 Å². The van der Waals surface area contributed by atoms with Crippen molar-refractivity contribution in [3.8, 4) is 0 Å². The van der Waals surface area contributed by atoms with Gasteiger partial charge in [0.2, 0.25) is 0 Å². The fourth-order valence-electron chi connectivity index (χ4n) is 3.14. The number of rotatable bonds is 13. The van der Waals surface area contributed by atoms with Crippen LogP contribution < -0.4 is 0 Å². The lowest BCUT2D eigenvalue weighted by Gasteiger charge is -2.36. The molecule has 0 aliphatic rings. The summed E-state index contributed by atoms with van der Waals surface area (Å²) in [5.41, 5.74) is 1.17. The number of unbranched alkanes of at least 4 members (excludes halogenated alkanes) is 5. The molecule has 0 amide bonds. The number of hydrogen-bond donors (Lipinski definition) is 0. The molecule has 150 valence electrons. The van der Waals surface area contributed by atoms with Gasteiger partial charge in [-0.05, 0) is 18.4 Å². The summed E-state index contributed by atoms with van der Waals surface area (Å²) in [5.74, 6) is -0.568. The molecule has 1 aromatic carbocycles. The summed E-state index contributed by atoms with van der Waals surface area (Å²) >= 11 is 0. The molecule has 0 N–H and O–H groups in total. The maximum absolute atomic E-state index is 5.44. The Morgan fingerprint density at radius 2 is 1.42 bits per heavy atom. The number of hydrogen-bond acceptors (Lipinski definition) is 3. The molecule has 1 rings (SSSR count). The zero-order valence-corrected chi connectivity index (χ0v) is 17.6. The second-order valence-electron chi connectivity index (χ2n) is 6.49. The minimum atomic E-state index is -0.863. The van der Waals surface area contributed by atoms with E-state index in [4.69, 9.17) is 14.2 Å². The van der Waals surface area contributed by atoms with Crippen LogP contribution in [0.2, 0.25) is 0 Å². The van der Waals surface area contributed by atoms with Crippen LogP contribution >= 0.6 is 0 Å². The third-order valence-electron chi connectivity index (χ3n) is 4.79. The monoisotopic (exact) mass is 364 g/mol. The molecule has 1 aromatic rings.